The fraction of sp³-hybridized carbons (Fsp3) is 0.368. The van der Waals surface area contributed by atoms with E-state index in [0.29, 0.717) is 17.5 Å². The Bertz CT molecular complexity index is 903. The van der Waals surface area contributed by atoms with E-state index < -0.39 is 0 Å². The molecule has 3 aromatic rings. The van der Waals surface area contributed by atoms with Gasteiger partial charge in [0.25, 0.3) is 0 Å². The number of nitrogens with zero attached hydrogens (tertiary/aromatic N) is 3. The first-order valence-corrected chi connectivity index (χ1v) is 8.68. The zero-order valence-corrected chi connectivity index (χ0v) is 14.7. The van der Waals surface area contributed by atoms with Crippen LogP contribution in [-0.2, 0) is 24.2 Å². The van der Waals surface area contributed by atoms with E-state index in [9.17, 15) is 0 Å². The predicted molar refractivity (Wildman–Crippen MR) is 95.3 cm³/mol. The van der Waals surface area contributed by atoms with Crippen LogP contribution in [0.1, 0.15) is 30.3 Å². The average Bonchev–Trinajstić information content (AvgIpc) is 2.93. The van der Waals surface area contributed by atoms with Crippen LogP contribution in [0.15, 0.2) is 30.5 Å². The molecule has 1 aromatic carbocycles. The maximum absolute atomic E-state index is 6.19. The summed E-state index contributed by atoms with van der Waals surface area (Å²) >= 11 is 6.19. The Hall–Kier alpha value is -1.91. The molecule has 4 rings (SSSR count). The molecule has 1 atom stereocenters. The summed E-state index contributed by atoms with van der Waals surface area (Å²) in [6, 6.07) is 7.84. The van der Waals surface area contributed by atoms with Crippen LogP contribution in [0.5, 0.6) is 0 Å². The molecule has 2 heterocycles. The molecule has 0 saturated carbocycles. The molecule has 2 aromatic heterocycles. The highest BCUT2D eigenvalue weighted by Crippen LogP contribution is 2.33. The minimum Gasteiger partial charge on any atom is -0.378 e. The Morgan fingerprint density at radius 2 is 2.25 bits per heavy atom. The first-order valence-electron chi connectivity index (χ1n) is 8.30. The number of benzene rings is 1. The van der Waals surface area contributed by atoms with Gasteiger partial charge in [-0.2, -0.15) is 5.10 Å². The Balaban J connectivity index is 1.96. The maximum atomic E-state index is 6.19. The molecule has 4 nitrogen and oxygen atoms in total. The van der Waals surface area contributed by atoms with Crippen molar-refractivity contribution in [2.45, 2.75) is 32.8 Å². The summed E-state index contributed by atoms with van der Waals surface area (Å²) < 4.78 is 7.39. The van der Waals surface area contributed by atoms with Crippen molar-refractivity contribution >= 4 is 17.2 Å². The molecule has 24 heavy (non-hydrogen) atoms. The zero-order chi connectivity index (χ0) is 16.7. The molecule has 0 N–H and O–H groups in total. The number of methoxy groups -OCH3 is 1. The SMILES string of the molecule is COCc1nn2c3c(cnc2c1-c1cccc(Cl)c1)CC(C)CC3. The summed E-state index contributed by atoms with van der Waals surface area (Å²) in [7, 11) is 1.69. The largest absolute Gasteiger partial charge is 0.378 e. The number of ether oxygens (including phenoxy) is 1. The lowest BCUT2D eigenvalue weighted by molar-refractivity contribution is 0.181. The van der Waals surface area contributed by atoms with Gasteiger partial charge in [-0.1, -0.05) is 30.7 Å². The molecule has 1 aliphatic carbocycles. The molecule has 0 spiro atoms. The summed E-state index contributed by atoms with van der Waals surface area (Å²) in [6.45, 7) is 2.75. The van der Waals surface area contributed by atoms with E-state index in [0.717, 1.165) is 35.3 Å². The van der Waals surface area contributed by atoms with Crippen LogP contribution in [0.25, 0.3) is 16.8 Å². The Morgan fingerprint density at radius 3 is 3.04 bits per heavy atom. The molecular formula is C19H20ClN3O. The highest BCUT2D eigenvalue weighted by atomic mass is 35.5. The average molecular weight is 342 g/mol. The summed E-state index contributed by atoms with van der Waals surface area (Å²) in [6.07, 6.45) is 5.33. The third-order valence-corrected chi connectivity index (χ3v) is 4.97. The normalized spacial score (nSPS) is 17.2. The molecule has 0 saturated heterocycles. The van der Waals surface area contributed by atoms with Gasteiger partial charge in [-0.25, -0.2) is 9.50 Å². The van der Waals surface area contributed by atoms with Crippen molar-refractivity contribution in [2.75, 3.05) is 7.11 Å². The van der Waals surface area contributed by atoms with Crippen molar-refractivity contribution in [3.8, 4) is 11.1 Å². The Labute approximate surface area is 146 Å². The van der Waals surface area contributed by atoms with Crippen LogP contribution < -0.4 is 0 Å². The number of aryl methyl sites for hydroxylation is 1. The van der Waals surface area contributed by atoms with E-state index in [1.54, 1.807) is 7.11 Å². The first-order chi connectivity index (χ1) is 11.7. The highest BCUT2D eigenvalue weighted by molar-refractivity contribution is 6.30. The van der Waals surface area contributed by atoms with Gasteiger partial charge in [0.05, 0.1) is 17.9 Å². The van der Waals surface area contributed by atoms with E-state index in [2.05, 4.69) is 6.92 Å². The van der Waals surface area contributed by atoms with Gasteiger partial charge in [-0.15, -0.1) is 0 Å². The van der Waals surface area contributed by atoms with Gasteiger partial charge in [-0.3, -0.25) is 0 Å². The molecule has 1 unspecified atom stereocenters. The molecule has 1 aliphatic rings. The minimum absolute atomic E-state index is 0.455. The fourth-order valence-electron chi connectivity index (χ4n) is 3.59. The lowest BCUT2D eigenvalue weighted by atomic mass is 9.89. The first kappa shape index (κ1) is 15.6. The molecule has 0 bridgehead atoms. The van der Waals surface area contributed by atoms with Crippen LogP contribution in [0.4, 0.5) is 0 Å². The van der Waals surface area contributed by atoms with Gasteiger partial charge in [0.1, 0.15) is 0 Å². The third kappa shape index (κ3) is 2.60. The topological polar surface area (TPSA) is 39.4 Å². The van der Waals surface area contributed by atoms with Gasteiger partial charge >= 0.3 is 0 Å². The Kier molecular flexibility index (Phi) is 4.02. The Morgan fingerprint density at radius 1 is 1.38 bits per heavy atom. The second-order valence-corrected chi connectivity index (χ2v) is 7.02. The molecule has 0 radical (unpaired) electrons. The van der Waals surface area contributed by atoms with Crippen molar-refractivity contribution < 1.29 is 4.74 Å². The molecule has 124 valence electrons. The van der Waals surface area contributed by atoms with Crippen LogP contribution in [-0.4, -0.2) is 21.7 Å². The highest BCUT2D eigenvalue weighted by Gasteiger charge is 2.23. The second-order valence-electron chi connectivity index (χ2n) is 6.58. The smallest absolute Gasteiger partial charge is 0.163 e. The molecule has 0 amide bonds. The van der Waals surface area contributed by atoms with Crippen LogP contribution >= 0.6 is 11.6 Å². The van der Waals surface area contributed by atoms with Gasteiger partial charge < -0.3 is 4.74 Å². The van der Waals surface area contributed by atoms with Crippen LogP contribution in [0.2, 0.25) is 5.02 Å². The molecule has 0 aliphatic heterocycles. The molecular weight excluding hydrogens is 322 g/mol. The quantitative estimate of drug-likeness (QED) is 0.712. The van der Waals surface area contributed by atoms with E-state index in [4.69, 9.17) is 26.4 Å². The number of hydrogen-bond donors (Lipinski definition) is 0. The van der Waals surface area contributed by atoms with E-state index >= 15 is 0 Å². The summed E-state index contributed by atoms with van der Waals surface area (Å²) in [5, 5.41) is 5.54. The number of fused-ring (bicyclic) bond motifs is 3. The molecule has 0 fully saturated rings. The lowest BCUT2D eigenvalue weighted by Crippen LogP contribution is -2.16. The second kappa shape index (κ2) is 6.19. The van der Waals surface area contributed by atoms with Gasteiger partial charge in [-0.05, 0) is 48.4 Å². The lowest BCUT2D eigenvalue weighted by Gasteiger charge is -2.21. The van der Waals surface area contributed by atoms with Crippen molar-refractivity contribution in [1.29, 1.82) is 0 Å². The number of halogens is 1. The summed E-state index contributed by atoms with van der Waals surface area (Å²) in [5.41, 5.74) is 6.42. The standard InChI is InChI=1S/C19H20ClN3O/c1-12-6-7-17-14(8-12)10-21-19-18(13-4-3-5-15(20)9-13)16(11-24-2)22-23(17)19/h3-5,9-10,12H,6-8,11H2,1-2H3. The van der Waals surface area contributed by atoms with Crippen molar-refractivity contribution in [1.82, 2.24) is 14.6 Å². The van der Waals surface area contributed by atoms with Crippen LogP contribution in [0.3, 0.4) is 0 Å². The van der Waals surface area contributed by atoms with Gasteiger partial charge in [0.2, 0.25) is 0 Å². The van der Waals surface area contributed by atoms with Gasteiger partial charge in [0, 0.05) is 24.0 Å². The monoisotopic (exact) mass is 341 g/mol. The number of rotatable bonds is 3. The third-order valence-electron chi connectivity index (χ3n) is 4.74. The maximum Gasteiger partial charge on any atom is 0.163 e. The fourth-order valence-corrected chi connectivity index (χ4v) is 3.78. The van der Waals surface area contributed by atoms with Crippen molar-refractivity contribution in [2.24, 2.45) is 5.92 Å². The summed E-state index contributed by atoms with van der Waals surface area (Å²) in [4.78, 5) is 4.74. The number of hydrogen-bond acceptors (Lipinski definition) is 3. The zero-order valence-electron chi connectivity index (χ0n) is 13.9. The van der Waals surface area contributed by atoms with Crippen molar-refractivity contribution in [3.63, 3.8) is 0 Å². The number of aromatic nitrogens is 3. The predicted octanol–water partition coefficient (Wildman–Crippen LogP) is 4.32. The van der Waals surface area contributed by atoms with Crippen molar-refractivity contribution in [3.05, 3.63) is 52.4 Å². The van der Waals surface area contributed by atoms with Gasteiger partial charge in [0.15, 0.2) is 5.65 Å². The van der Waals surface area contributed by atoms with E-state index in [1.807, 2.05) is 35.0 Å². The van der Waals surface area contributed by atoms with Crippen LogP contribution in [0, 0.1) is 5.92 Å². The van der Waals surface area contributed by atoms with E-state index in [1.165, 1.54) is 17.7 Å². The minimum atomic E-state index is 0.455. The van der Waals surface area contributed by atoms with E-state index in [-0.39, 0.29) is 0 Å². The summed E-state index contributed by atoms with van der Waals surface area (Å²) in [5.74, 6) is 0.707. The molecule has 5 heteroatoms.